The minimum Gasteiger partial charge on any atom is -0.493 e. The third kappa shape index (κ3) is 3.83. The van der Waals surface area contributed by atoms with Crippen molar-refractivity contribution in [2.45, 2.75) is 19.3 Å². The molecule has 0 saturated heterocycles. The molecule has 1 aliphatic rings. The van der Waals surface area contributed by atoms with Crippen LogP contribution in [-0.4, -0.2) is 25.4 Å². The first-order valence-electron chi connectivity index (χ1n) is 8.27. The fourth-order valence-corrected chi connectivity index (χ4v) is 2.83. The summed E-state index contributed by atoms with van der Waals surface area (Å²) in [6.45, 7) is -0.145. The van der Waals surface area contributed by atoms with Gasteiger partial charge in [0.1, 0.15) is 0 Å². The molecule has 1 aliphatic heterocycles. The van der Waals surface area contributed by atoms with Crippen molar-refractivity contribution in [3.63, 3.8) is 0 Å². The number of amides is 1. The Morgan fingerprint density at radius 3 is 2.81 bits per heavy atom. The zero-order valence-corrected chi connectivity index (χ0v) is 14.4. The monoisotopic (exact) mass is 350 g/mol. The summed E-state index contributed by atoms with van der Waals surface area (Å²) in [6.07, 6.45) is 1.99. The fraction of sp³-hybridized carbons (Fsp3) is 0.250. The first-order chi connectivity index (χ1) is 12.6. The van der Waals surface area contributed by atoms with E-state index < -0.39 is 0 Å². The molecule has 0 spiro atoms. The molecule has 0 aliphatic carbocycles. The van der Waals surface area contributed by atoms with Crippen LogP contribution in [0.1, 0.15) is 34.3 Å². The number of hydrogen-bond donors (Lipinski definition) is 1. The minimum absolute atomic E-state index is 0.000860. The molecule has 6 nitrogen and oxygen atoms in total. The average molecular weight is 350 g/mol. The van der Waals surface area contributed by atoms with Crippen LogP contribution in [0.25, 0.3) is 0 Å². The van der Waals surface area contributed by atoms with Gasteiger partial charge in [-0.05, 0) is 48.7 Å². The highest BCUT2D eigenvalue weighted by atomic mass is 16.5. The highest BCUT2D eigenvalue weighted by Crippen LogP contribution is 2.28. The smallest absolute Gasteiger partial charge is 0.224 e. The molecule has 2 aromatic carbocycles. The van der Waals surface area contributed by atoms with Crippen LogP contribution < -0.4 is 14.8 Å². The second-order valence-corrected chi connectivity index (χ2v) is 5.96. The number of anilines is 1. The number of aryl methyl sites for hydroxylation is 1. The van der Waals surface area contributed by atoms with Crippen molar-refractivity contribution in [2.24, 2.45) is 0 Å². The van der Waals surface area contributed by atoms with Crippen molar-refractivity contribution in [3.8, 4) is 17.6 Å². The first kappa shape index (κ1) is 17.5. The maximum atomic E-state index is 12.5. The van der Waals surface area contributed by atoms with Gasteiger partial charge < -0.3 is 14.8 Å². The van der Waals surface area contributed by atoms with Gasteiger partial charge in [0, 0.05) is 23.7 Å². The predicted molar refractivity (Wildman–Crippen MR) is 95.5 cm³/mol. The molecular weight excluding hydrogens is 332 g/mol. The van der Waals surface area contributed by atoms with Crippen LogP contribution in [0.4, 0.5) is 5.69 Å². The number of nitriles is 1. The molecule has 0 saturated carbocycles. The number of hydrogen-bond acceptors (Lipinski definition) is 5. The van der Waals surface area contributed by atoms with Crippen LogP contribution in [0.3, 0.4) is 0 Å². The number of ether oxygens (including phenoxy) is 2. The first-order valence-corrected chi connectivity index (χ1v) is 8.27. The Balaban J connectivity index is 1.72. The van der Waals surface area contributed by atoms with E-state index in [9.17, 15) is 9.59 Å². The summed E-state index contributed by atoms with van der Waals surface area (Å²) < 4.78 is 10.8. The summed E-state index contributed by atoms with van der Waals surface area (Å²) in [7, 11) is 1.48. The van der Waals surface area contributed by atoms with Crippen LogP contribution in [0.15, 0.2) is 36.4 Å². The second kappa shape index (κ2) is 7.70. The van der Waals surface area contributed by atoms with Crippen molar-refractivity contribution in [1.29, 1.82) is 5.26 Å². The van der Waals surface area contributed by atoms with E-state index in [1.54, 1.807) is 30.3 Å². The van der Waals surface area contributed by atoms with Crippen molar-refractivity contribution in [1.82, 2.24) is 0 Å². The molecule has 26 heavy (non-hydrogen) atoms. The van der Waals surface area contributed by atoms with Crippen LogP contribution in [0.5, 0.6) is 11.5 Å². The Kier molecular flexibility index (Phi) is 5.18. The maximum absolute atomic E-state index is 12.5. The van der Waals surface area contributed by atoms with E-state index in [2.05, 4.69) is 5.32 Å². The number of methoxy groups -OCH3 is 1. The zero-order chi connectivity index (χ0) is 18.5. The molecule has 0 unspecified atom stereocenters. The number of fused-ring (bicyclic) bond motifs is 1. The normalized spacial score (nSPS) is 13.0. The number of carbonyl (C=O) groups excluding carboxylic acids is 2. The minimum atomic E-state index is -0.171. The Hall–Kier alpha value is -3.33. The molecule has 0 aromatic heterocycles. The van der Waals surface area contributed by atoms with Gasteiger partial charge in [0.25, 0.3) is 0 Å². The van der Waals surface area contributed by atoms with E-state index in [0.717, 1.165) is 24.1 Å². The largest absolute Gasteiger partial charge is 0.493 e. The van der Waals surface area contributed by atoms with Crippen LogP contribution in [-0.2, 0) is 11.2 Å². The Labute approximate surface area is 151 Å². The van der Waals surface area contributed by atoms with E-state index in [-0.39, 0.29) is 18.3 Å². The van der Waals surface area contributed by atoms with Crippen LogP contribution >= 0.6 is 0 Å². The number of ketones is 1. The molecule has 6 heteroatoms. The van der Waals surface area contributed by atoms with Crippen LogP contribution in [0, 0.1) is 11.3 Å². The molecule has 2 aromatic rings. The number of Topliss-reactive ketones (excluding diaryl/α,β-unsaturated/α-hetero) is 1. The molecule has 0 atom stereocenters. The lowest BCUT2D eigenvalue weighted by Gasteiger charge is -2.12. The van der Waals surface area contributed by atoms with Gasteiger partial charge in [-0.3, -0.25) is 9.59 Å². The lowest BCUT2D eigenvalue weighted by atomic mass is 10.0. The molecule has 3 rings (SSSR count). The van der Waals surface area contributed by atoms with Crippen molar-refractivity contribution in [3.05, 3.63) is 53.1 Å². The van der Waals surface area contributed by atoms with Crippen LogP contribution in [0.2, 0.25) is 0 Å². The molecular formula is C20H18N2O4. The number of carbonyl (C=O) groups is 2. The predicted octanol–water partition coefficient (Wildman–Crippen LogP) is 3.10. The van der Waals surface area contributed by atoms with Gasteiger partial charge in [0.05, 0.1) is 18.7 Å². The van der Waals surface area contributed by atoms with E-state index in [4.69, 9.17) is 14.7 Å². The maximum Gasteiger partial charge on any atom is 0.224 e. The molecule has 1 heterocycles. The van der Waals surface area contributed by atoms with E-state index in [1.807, 2.05) is 12.1 Å². The van der Waals surface area contributed by atoms with Crippen molar-refractivity contribution in [2.75, 3.05) is 19.0 Å². The quantitative estimate of drug-likeness (QED) is 0.837. The number of rotatable bonds is 5. The summed E-state index contributed by atoms with van der Waals surface area (Å²) >= 11 is 0. The third-order valence-corrected chi connectivity index (χ3v) is 4.20. The van der Waals surface area contributed by atoms with Gasteiger partial charge in [-0.15, -0.1) is 0 Å². The van der Waals surface area contributed by atoms with Crippen molar-refractivity contribution >= 4 is 17.4 Å². The molecule has 132 valence electrons. The topological polar surface area (TPSA) is 88.4 Å². The Morgan fingerprint density at radius 2 is 2.04 bits per heavy atom. The van der Waals surface area contributed by atoms with Gasteiger partial charge >= 0.3 is 0 Å². The lowest BCUT2D eigenvalue weighted by Crippen LogP contribution is -2.13. The van der Waals surface area contributed by atoms with Crippen molar-refractivity contribution < 1.29 is 19.1 Å². The lowest BCUT2D eigenvalue weighted by molar-refractivity contribution is -0.116. The van der Waals surface area contributed by atoms with E-state index >= 15 is 0 Å². The van der Waals surface area contributed by atoms with Gasteiger partial charge in [-0.1, -0.05) is 0 Å². The standard InChI is InChI=1S/C20H18N2O4/c1-25-19-9-13(11-21)5-8-18(19)26-12-17(23)15-6-7-16-14(10-15)3-2-4-20(24)22-16/h5-10H,2-4,12H2,1H3,(H,22,24). The summed E-state index contributed by atoms with van der Waals surface area (Å²) in [5, 5.41) is 11.8. The SMILES string of the molecule is COc1cc(C#N)ccc1OCC(=O)c1ccc2c(c1)CCCC(=O)N2. The summed E-state index contributed by atoms with van der Waals surface area (Å²) in [5.41, 5.74) is 2.71. The second-order valence-electron chi connectivity index (χ2n) is 5.96. The zero-order valence-electron chi connectivity index (χ0n) is 14.4. The highest BCUT2D eigenvalue weighted by Gasteiger charge is 2.16. The van der Waals surface area contributed by atoms with E-state index in [0.29, 0.717) is 29.0 Å². The molecule has 1 amide bonds. The third-order valence-electron chi connectivity index (χ3n) is 4.20. The summed E-state index contributed by atoms with van der Waals surface area (Å²) in [5.74, 6) is 0.636. The number of nitrogens with zero attached hydrogens (tertiary/aromatic N) is 1. The Morgan fingerprint density at radius 1 is 1.19 bits per heavy atom. The molecule has 1 N–H and O–H groups in total. The van der Waals surface area contributed by atoms with Gasteiger partial charge in [0.2, 0.25) is 5.91 Å². The molecule has 0 radical (unpaired) electrons. The summed E-state index contributed by atoms with van der Waals surface area (Å²) in [6, 6.07) is 12.1. The number of nitrogens with one attached hydrogen (secondary N) is 1. The van der Waals surface area contributed by atoms with Gasteiger partial charge in [-0.2, -0.15) is 5.26 Å². The fourth-order valence-electron chi connectivity index (χ4n) is 2.83. The van der Waals surface area contributed by atoms with Gasteiger partial charge in [-0.25, -0.2) is 0 Å². The summed E-state index contributed by atoms with van der Waals surface area (Å²) in [4.78, 5) is 24.1. The number of benzene rings is 2. The molecule has 0 fully saturated rings. The average Bonchev–Trinajstić information content (AvgIpc) is 2.85. The highest BCUT2D eigenvalue weighted by molar-refractivity contribution is 5.99. The van der Waals surface area contributed by atoms with E-state index in [1.165, 1.54) is 7.11 Å². The Bertz CT molecular complexity index is 899. The molecule has 0 bridgehead atoms. The van der Waals surface area contributed by atoms with Gasteiger partial charge in [0.15, 0.2) is 23.9 Å².